The first-order chi connectivity index (χ1) is 7.18. The number of H-pyrrole nitrogens is 1. The zero-order chi connectivity index (χ0) is 10.8. The van der Waals surface area contributed by atoms with Gasteiger partial charge in [0.2, 0.25) is 0 Å². The Kier molecular flexibility index (Phi) is 2.51. The van der Waals surface area contributed by atoms with Crippen LogP contribution in [0, 0.1) is 13.8 Å². The van der Waals surface area contributed by atoms with Crippen molar-refractivity contribution in [3.8, 4) is 0 Å². The van der Waals surface area contributed by atoms with Gasteiger partial charge in [-0.1, -0.05) is 23.8 Å². The van der Waals surface area contributed by atoms with Crippen molar-refractivity contribution in [2.45, 2.75) is 20.0 Å². The molecule has 0 aliphatic rings. The highest BCUT2D eigenvalue weighted by atomic mass is 16.3. The summed E-state index contributed by atoms with van der Waals surface area (Å²) in [5, 5.41) is 20.1. The van der Waals surface area contributed by atoms with E-state index in [1.54, 1.807) is 0 Å². The predicted molar refractivity (Wildman–Crippen MR) is 56.4 cm³/mol. The number of hydrogen-bond donors (Lipinski definition) is 2. The number of nitrogens with one attached hydrogen (secondary N) is 1. The number of aromatic amines is 1. The molecule has 0 fully saturated rings. The molecule has 1 unspecified atom stereocenters. The summed E-state index contributed by atoms with van der Waals surface area (Å²) >= 11 is 0. The molecule has 4 nitrogen and oxygen atoms in total. The Bertz CT molecular complexity index is 451. The fourth-order valence-electron chi connectivity index (χ4n) is 1.56. The second-order valence-corrected chi connectivity index (χ2v) is 3.66. The number of benzene rings is 1. The summed E-state index contributed by atoms with van der Waals surface area (Å²) in [5.74, 6) is 0. The Hall–Kier alpha value is -1.68. The number of aliphatic hydroxyl groups excluding tert-OH is 1. The van der Waals surface area contributed by atoms with Crippen molar-refractivity contribution < 1.29 is 5.11 Å². The van der Waals surface area contributed by atoms with E-state index in [4.69, 9.17) is 0 Å². The molecule has 0 spiro atoms. The van der Waals surface area contributed by atoms with Crippen LogP contribution in [-0.2, 0) is 0 Å². The van der Waals surface area contributed by atoms with Crippen molar-refractivity contribution >= 4 is 0 Å². The zero-order valence-corrected chi connectivity index (χ0v) is 8.73. The number of hydrogen-bond acceptors (Lipinski definition) is 3. The molecule has 2 aromatic rings. The quantitative estimate of drug-likeness (QED) is 0.777. The summed E-state index contributed by atoms with van der Waals surface area (Å²) in [6.07, 6.45) is 0.829. The minimum atomic E-state index is -0.705. The molecule has 0 amide bonds. The average molecular weight is 203 g/mol. The summed E-state index contributed by atoms with van der Waals surface area (Å²) in [4.78, 5) is 0. The Morgan fingerprint density at radius 1 is 1.33 bits per heavy atom. The van der Waals surface area contributed by atoms with E-state index in [-0.39, 0.29) is 0 Å². The Labute approximate surface area is 88.0 Å². The maximum Gasteiger partial charge on any atom is 0.125 e. The summed E-state index contributed by atoms with van der Waals surface area (Å²) in [5.41, 5.74) is 3.60. The van der Waals surface area contributed by atoms with Crippen LogP contribution >= 0.6 is 0 Å². The van der Waals surface area contributed by atoms with E-state index in [0.717, 1.165) is 16.7 Å². The molecular formula is C11H13N3O. The molecule has 2 N–H and O–H groups in total. The van der Waals surface area contributed by atoms with Gasteiger partial charge in [0.1, 0.15) is 11.8 Å². The van der Waals surface area contributed by atoms with Gasteiger partial charge in [-0.3, -0.25) is 0 Å². The second kappa shape index (κ2) is 3.82. The van der Waals surface area contributed by atoms with Crippen LogP contribution in [-0.4, -0.2) is 20.5 Å². The summed E-state index contributed by atoms with van der Waals surface area (Å²) in [6, 6.07) is 5.98. The number of aliphatic hydroxyl groups is 1. The topological polar surface area (TPSA) is 61.8 Å². The average Bonchev–Trinajstić information content (AvgIpc) is 2.74. The van der Waals surface area contributed by atoms with Crippen LogP contribution in [0.5, 0.6) is 0 Å². The van der Waals surface area contributed by atoms with Gasteiger partial charge in [0, 0.05) is 0 Å². The highest BCUT2D eigenvalue weighted by molar-refractivity contribution is 5.35. The van der Waals surface area contributed by atoms with Crippen LogP contribution < -0.4 is 0 Å². The summed E-state index contributed by atoms with van der Waals surface area (Å²) in [7, 11) is 0. The SMILES string of the molecule is Cc1ccc(C)c(C(O)c2cn[nH]n2)c1. The van der Waals surface area contributed by atoms with E-state index < -0.39 is 6.10 Å². The van der Waals surface area contributed by atoms with Crippen molar-refractivity contribution in [2.75, 3.05) is 0 Å². The van der Waals surface area contributed by atoms with Gasteiger partial charge < -0.3 is 5.11 Å². The normalized spacial score (nSPS) is 12.7. The molecule has 1 heterocycles. The fourth-order valence-corrected chi connectivity index (χ4v) is 1.56. The molecule has 4 heteroatoms. The second-order valence-electron chi connectivity index (χ2n) is 3.66. The Morgan fingerprint density at radius 2 is 2.13 bits per heavy atom. The third kappa shape index (κ3) is 1.89. The zero-order valence-electron chi connectivity index (χ0n) is 8.73. The maximum absolute atomic E-state index is 10.1. The lowest BCUT2D eigenvalue weighted by atomic mass is 9.99. The van der Waals surface area contributed by atoms with Crippen LogP contribution in [0.3, 0.4) is 0 Å². The molecule has 0 aliphatic carbocycles. The minimum Gasteiger partial charge on any atom is -0.382 e. The first-order valence-electron chi connectivity index (χ1n) is 4.79. The molecule has 2 rings (SSSR count). The molecule has 15 heavy (non-hydrogen) atoms. The largest absolute Gasteiger partial charge is 0.382 e. The van der Waals surface area contributed by atoms with Gasteiger partial charge in [-0.25, -0.2) is 0 Å². The van der Waals surface area contributed by atoms with E-state index in [9.17, 15) is 5.11 Å². The van der Waals surface area contributed by atoms with Crippen molar-refractivity contribution in [3.05, 3.63) is 46.8 Å². The minimum absolute atomic E-state index is 0.545. The van der Waals surface area contributed by atoms with Crippen LogP contribution in [0.1, 0.15) is 28.5 Å². The summed E-state index contributed by atoms with van der Waals surface area (Å²) in [6.45, 7) is 3.97. The van der Waals surface area contributed by atoms with Crippen LogP contribution in [0.4, 0.5) is 0 Å². The molecule has 0 aliphatic heterocycles. The van der Waals surface area contributed by atoms with Crippen molar-refractivity contribution in [3.63, 3.8) is 0 Å². The van der Waals surface area contributed by atoms with Gasteiger partial charge in [0.25, 0.3) is 0 Å². The standard InChI is InChI=1S/C11H13N3O/c1-7-3-4-8(2)9(5-7)11(15)10-6-12-14-13-10/h3-6,11,15H,1-2H3,(H,12,13,14). The Balaban J connectivity index is 2.41. The fraction of sp³-hybridized carbons (Fsp3) is 0.273. The number of aromatic nitrogens is 3. The van der Waals surface area contributed by atoms with E-state index in [2.05, 4.69) is 15.4 Å². The van der Waals surface area contributed by atoms with Gasteiger partial charge in [-0.15, -0.1) is 0 Å². The van der Waals surface area contributed by atoms with Gasteiger partial charge in [-0.05, 0) is 25.0 Å². The molecule has 1 aromatic heterocycles. The Morgan fingerprint density at radius 3 is 2.80 bits per heavy atom. The monoisotopic (exact) mass is 203 g/mol. The van der Waals surface area contributed by atoms with Crippen LogP contribution in [0.15, 0.2) is 24.4 Å². The number of rotatable bonds is 2. The van der Waals surface area contributed by atoms with E-state index in [1.807, 2.05) is 32.0 Å². The van der Waals surface area contributed by atoms with Gasteiger partial charge in [-0.2, -0.15) is 15.4 Å². The molecule has 0 saturated carbocycles. The van der Waals surface area contributed by atoms with E-state index >= 15 is 0 Å². The number of aryl methyl sites for hydroxylation is 2. The number of nitrogens with zero attached hydrogens (tertiary/aromatic N) is 2. The van der Waals surface area contributed by atoms with Crippen molar-refractivity contribution in [1.29, 1.82) is 0 Å². The molecule has 1 atom stereocenters. The summed E-state index contributed by atoms with van der Waals surface area (Å²) < 4.78 is 0. The molecule has 0 radical (unpaired) electrons. The van der Waals surface area contributed by atoms with Crippen molar-refractivity contribution in [2.24, 2.45) is 0 Å². The van der Waals surface area contributed by atoms with Crippen LogP contribution in [0.2, 0.25) is 0 Å². The lowest BCUT2D eigenvalue weighted by Crippen LogP contribution is -2.03. The third-order valence-electron chi connectivity index (χ3n) is 2.44. The highest BCUT2D eigenvalue weighted by Crippen LogP contribution is 2.23. The van der Waals surface area contributed by atoms with Gasteiger partial charge in [0.05, 0.1) is 6.20 Å². The molecule has 1 aromatic carbocycles. The first kappa shape index (κ1) is 9.86. The predicted octanol–water partition coefficient (Wildman–Crippen LogP) is 1.50. The lowest BCUT2D eigenvalue weighted by molar-refractivity contribution is 0.214. The molecule has 78 valence electrons. The van der Waals surface area contributed by atoms with E-state index in [1.165, 1.54) is 6.20 Å². The van der Waals surface area contributed by atoms with E-state index in [0.29, 0.717) is 5.69 Å². The molecule has 0 bridgehead atoms. The van der Waals surface area contributed by atoms with Gasteiger partial charge in [0.15, 0.2) is 0 Å². The first-order valence-corrected chi connectivity index (χ1v) is 4.79. The highest BCUT2D eigenvalue weighted by Gasteiger charge is 2.15. The smallest absolute Gasteiger partial charge is 0.125 e. The maximum atomic E-state index is 10.1. The van der Waals surface area contributed by atoms with Gasteiger partial charge >= 0.3 is 0 Å². The van der Waals surface area contributed by atoms with Crippen molar-refractivity contribution in [1.82, 2.24) is 15.4 Å². The van der Waals surface area contributed by atoms with Crippen LogP contribution in [0.25, 0.3) is 0 Å². The molecular weight excluding hydrogens is 190 g/mol. The molecule has 0 saturated heterocycles. The third-order valence-corrected chi connectivity index (χ3v) is 2.44. The lowest BCUT2D eigenvalue weighted by Gasteiger charge is -2.11.